The second kappa shape index (κ2) is 7.16. The van der Waals surface area contributed by atoms with Crippen molar-refractivity contribution in [3.8, 4) is 0 Å². The van der Waals surface area contributed by atoms with Crippen LogP contribution in [0.15, 0.2) is 6.20 Å². The van der Waals surface area contributed by atoms with Gasteiger partial charge < -0.3 is 16.2 Å². The van der Waals surface area contributed by atoms with E-state index in [0.29, 0.717) is 5.69 Å². The van der Waals surface area contributed by atoms with Gasteiger partial charge in [-0.2, -0.15) is 0 Å². The standard InChI is InChI=1S/C13H21N5O3/c14-6-10-7-18(17-16-10)8-11(19)15-12(13(20)21)9-4-2-1-3-5-9/h7,9,12H,1-6,8,14H2,(H,15,19)(H,20,21). The molecule has 2 rings (SSSR count). The molecule has 1 unspecified atom stereocenters. The molecule has 0 saturated heterocycles. The van der Waals surface area contributed by atoms with Crippen LogP contribution < -0.4 is 11.1 Å². The van der Waals surface area contributed by atoms with Gasteiger partial charge in [0.2, 0.25) is 5.91 Å². The first-order valence-corrected chi connectivity index (χ1v) is 7.21. The number of amides is 1. The summed E-state index contributed by atoms with van der Waals surface area (Å²) in [5.41, 5.74) is 6.01. The van der Waals surface area contributed by atoms with Crippen molar-refractivity contribution < 1.29 is 14.7 Å². The summed E-state index contributed by atoms with van der Waals surface area (Å²) >= 11 is 0. The zero-order chi connectivity index (χ0) is 15.2. The van der Waals surface area contributed by atoms with Crippen LogP contribution in [0.5, 0.6) is 0 Å². The Kier molecular flexibility index (Phi) is 5.26. The SMILES string of the molecule is NCc1cn(CC(=O)NC(C(=O)O)C2CCCCC2)nn1. The average Bonchev–Trinajstić information content (AvgIpc) is 2.93. The molecule has 1 aromatic rings. The number of rotatable bonds is 6. The molecule has 116 valence electrons. The van der Waals surface area contributed by atoms with Crippen LogP contribution in [0.3, 0.4) is 0 Å². The largest absolute Gasteiger partial charge is 0.480 e. The fraction of sp³-hybridized carbons (Fsp3) is 0.692. The Labute approximate surface area is 122 Å². The van der Waals surface area contributed by atoms with E-state index in [-0.39, 0.29) is 24.9 Å². The molecular weight excluding hydrogens is 274 g/mol. The van der Waals surface area contributed by atoms with Gasteiger partial charge in [-0.1, -0.05) is 24.5 Å². The van der Waals surface area contributed by atoms with Crippen molar-refractivity contribution >= 4 is 11.9 Å². The van der Waals surface area contributed by atoms with Crippen molar-refractivity contribution in [3.63, 3.8) is 0 Å². The van der Waals surface area contributed by atoms with Crippen molar-refractivity contribution in [1.29, 1.82) is 0 Å². The molecular formula is C13H21N5O3. The first-order chi connectivity index (χ1) is 10.1. The topological polar surface area (TPSA) is 123 Å². The second-order valence-electron chi connectivity index (χ2n) is 5.39. The van der Waals surface area contributed by atoms with E-state index in [1.54, 1.807) is 6.20 Å². The van der Waals surface area contributed by atoms with Crippen molar-refractivity contribution in [2.75, 3.05) is 0 Å². The lowest BCUT2D eigenvalue weighted by Crippen LogP contribution is -2.47. The van der Waals surface area contributed by atoms with E-state index < -0.39 is 12.0 Å². The molecule has 4 N–H and O–H groups in total. The summed E-state index contributed by atoms with van der Waals surface area (Å²) in [6.45, 7) is 0.199. The van der Waals surface area contributed by atoms with Gasteiger partial charge in [-0.05, 0) is 18.8 Å². The van der Waals surface area contributed by atoms with E-state index >= 15 is 0 Å². The Balaban J connectivity index is 1.92. The monoisotopic (exact) mass is 295 g/mol. The van der Waals surface area contributed by atoms with Gasteiger partial charge in [-0.15, -0.1) is 5.10 Å². The number of carboxylic acids is 1. The van der Waals surface area contributed by atoms with Crippen molar-refractivity contribution in [2.45, 2.75) is 51.2 Å². The molecule has 0 radical (unpaired) electrons. The third-order valence-electron chi connectivity index (χ3n) is 3.80. The number of aromatic nitrogens is 3. The molecule has 0 spiro atoms. The molecule has 1 heterocycles. The van der Waals surface area contributed by atoms with E-state index in [0.717, 1.165) is 32.1 Å². The highest BCUT2D eigenvalue weighted by Crippen LogP contribution is 2.26. The van der Waals surface area contributed by atoms with E-state index in [1.807, 2.05) is 0 Å². The number of hydrogen-bond acceptors (Lipinski definition) is 5. The maximum Gasteiger partial charge on any atom is 0.326 e. The fourth-order valence-electron chi connectivity index (χ4n) is 2.72. The van der Waals surface area contributed by atoms with Crippen LogP contribution in [0.25, 0.3) is 0 Å². The molecule has 0 bridgehead atoms. The van der Waals surface area contributed by atoms with Crippen LogP contribution in [0, 0.1) is 5.92 Å². The van der Waals surface area contributed by atoms with Gasteiger partial charge in [0.05, 0.1) is 11.9 Å². The highest BCUT2D eigenvalue weighted by atomic mass is 16.4. The molecule has 8 nitrogen and oxygen atoms in total. The molecule has 8 heteroatoms. The lowest BCUT2D eigenvalue weighted by atomic mass is 9.84. The van der Waals surface area contributed by atoms with Crippen LogP contribution in [0.1, 0.15) is 37.8 Å². The summed E-state index contributed by atoms with van der Waals surface area (Å²) in [6.07, 6.45) is 6.45. The van der Waals surface area contributed by atoms with Crippen LogP contribution in [-0.2, 0) is 22.7 Å². The minimum Gasteiger partial charge on any atom is -0.480 e. The maximum atomic E-state index is 12.0. The smallest absolute Gasteiger partial charge is 0.326 e. The second-order valence-corrected chi connectivity index (χ2v) is 5.39. The highest BCUT2D eigenvalue weighted by molar-refractivity contribution is 5.83. The summed E-state index contributed by atoms with van der Waals surface area (Å²) in [6, 6.07) is -0.824. The highest BCUT2D eigenvalue weighted by Gasteiger charge is 2.30. The Morgan fingerprint density at radius 3 is 2.71 bits per heavy atom. The molecule has 0 aromatic carbocycles. The first-order valence-electron chi connectivity index (χ1n) is 7.21. The summed E-state index contributed by atoms with van der Waals surface area (Å²) < 4.78 is 1.36. The zero-order valence-electron chi connectivity index (χ0n) is 11.9. The van der Waals surface area contributed by atoms with Gasteiger partial charge in [-0.3, -0.25) is 4.79 Å². The Morgan fingerprint density at radius 2 is 2.14 bits per heavy atom. The van der Waals surface area contributed by atoms with Crippen LogP contribution >= 0.6 is 0 Å². The van der Waals surface area contributed by atoms with Gasteiger partial charge in [-0.25, -0.2) is 9.48 Å². The van der Waals surface area contributed by atoms with Crippen LogP contribution in [-0.4, -0.2) is 38.0 Å². The number of carbonyl (C=O) groups excluding carboxylic acids is 1. The van der Waals surface area contributed by atoms with Crippen molar-refractivity contribution in [1.82, 2.24) is 20.3 Å². The molecule has 0 aliphatic heterocycles. The van der Waals surface area contributed by atoms with Gasteiger partial charge in [0.25, 0.3) is 0 Å². The van der Waals surface area contributed by atoms with E-state index in [4.69, 9.17) is 5.73 Å². The van der Waals surface area contributed by atoms with Gasteiger partial charge >= 0.3 is 5.97 Å². The number of nitrogens with one attached hydrogen (secondary N) is 1. The number of nitrogens with zero attached hydrogens (tertiary/aromatic N) is 3. The summed E-state index contributed by atoms with van der Waals surface area (Å²) in [7, 11) is 0. The normalized spacial score (nSPS) is 17.4. The number of carbonyl (C=O) groups is 2. The number of hydrogen-bond donors (Lipinski definition) is 3. The number of carboxylic acid groups (broad SMARTS) is 1. The van der Waals surface area contributed by atoms with Crippen LogP contribution in [0.4, 0.5) is 0 Å². The molecule has 1 atom stereocenters. The van der Waals surface area contributed by atoms with Gasteiger partial charge in [0, 0.05) is 6.54 Å². The predicted molar refractivity (Wildman–Crippen MR) is 74.1 cm³/mol. The minimum absolute atomic E-state index is 0.00977. The average molecular weight is 295 g/mol. The Hall–Kier alpha value is -1.96. The lowest BCUT2D eigenvalue weighted by Gasteiger charge is -2.27. The Bertz CT molecular complexity index is 496. The lowest BCUT2D eigenvalue weighted by molar-refractivity contribution is -0.144. The van der Waals surface area contributed by atoms with Gasteiger partial charge in [0.1, 0.15) is 12.6 Å². The van der Waals surface area contributed by atoms with E-state index in [2.05, 4.69) is 15.6 Å². The maximum absolute atomic E-state index is 12.0. The molecule has 1 saturated carbocycles. The van der Waals surface area contributed by atoms with E-state index in [1.165, 1.54) is 4.68 Å². The van der Waals surface area contributed by atoms with Crippen molar-refractivity contribution in [2.24, 2.45) is 11.7 Å². The number of aliphatic carboxylic acids is 1. The molecule has 1 aromatic heterocycles. The first kappa shape index (κ1) is 15.4. The molecule has 1 aliphatic rings. The summed E-state index contributed by atoms with van der Waals surface area (Å²) in [5, 5.41) is 19.5. The number of nitrogens with two attached hydrogens (primary N) is 1. The predicted octanol–water partition coefficient (Wildman–Crippen LogP) is -0.114. The Morgan fingerprint density at radius 1 is 1.43 bits per heavy atom. The quantitative estimate of drug-likeness (QED) is 0.672. The summed E-state index contributed by atoms with van der Waals surface area (Å²) in [4.78, 5) is 23.3. The third-order valence-corrected chi connectivity index (χ3v) is 3.80. The third kappa shape index (κ3) is 4.25. The minimum atomic E-state index is -0.975. The van der Waals surface area contributed by atoms with E-state index in [9.17, 15) is 14.7 Å². The fourth-order valence-corrected chi connectivity index (χ4v) is 2.72. The molecule has 1 aliphatic carbocycles. The van der Waals surface area contributed by atoms with Gasteiger partial charge in [0.15, 0.2) is 0 Å². The zero-order valence-corrected chi connectivity index (χ0v) is 11.9. The summed E-state index contributed by atoms with van der Waals surface area (Å²) in [5.74, 6) is -1.34. The molecule has 21 heavy (non-hydrogen) atoms. The molecule has 1 amide bonds. The molecule has 1 fully saturated rings. The van der Waals surface area contributed by atoms with Crippen molar-refractivity contribution in [3.05, 3.63) is 11.9 Å². The van der Waals surface area contributed by atoms with Crippen LogP contribution in [0.2, 0.25) is 0 Å².